The molecule has 3 atom stereocenters. The van der Waals surface area contributed by atoms with E-state index in [1.807, 2.05) is 0 Å². The summed E-state index contributed by atoms with van der Waals surface area (Å²) < 4.78 is 0. The van der Waals surface area contributed by atoms with Gasteiger partial charge in [0, 0.05) is 6.04 Å². The summed E-state index contributed by atoms with van der Waals surface area (Å²) in [5, 5.41) is 3.57. The van der Waals surface area contributed by atoms with Crippen molar-refractivity contribution in [1.82, 2.24) is 5.32 Å². The Morgan fingerprint density at radius 1 is 0.867 bits per heavy atom. The maximum Gasteiger partial charge on any atom is 0.00412 e. The van der Waals surface area contributed by atoms with Crippen LogP contribution >= 0.6 is 0 Å². The second-order valence-electron chi connectivity index (χ2n) is 5.33. The van der Waals surface area contributed by atoms with Crippen LogP contribution in [0.4, 0.5) is 0 Å². The van der Waals surface area contributed by atoms with Crippen LogP contribution in [0.25, 0.3) is 0 Å². The normalized spacial score (nSPS) is 17.4. The first kappa shape index (κ1) is 15.0. The molecule has 1 N–H and O–H groups in total. The molecule has 0 rings (SSSR count). The number of rotatable bonds is 9. The van der Waals surface area contributed by atoms with Gasteiger partial charge in [0.2, 0.25) is 0 Å². The van der Waals surface area contributed by atoms with E-state index < -0.39 is 0 Å². The van der Waals surface area contributed by atoms with Gasteiger partial charge >= 0.3 is 0 Å². The highest BCUT2D eigenvalue weighted by Crippen LogP contribution is 2.20. The fourth-order valence-electron chi connectivity index (χ4n) is 2.47. The molecule has 3 unspecified atom stereocenters. The lowest BCUT2D eigenvalue weighted by Gasteiger charge is -2.21. The first-order chi connectivity index (χ1) is 7.10. The number of hydrogen-bond acceptors (Lipinski definition) is 1. The van der Waals surface area contributed by atoms with Gasteiger partial charge in [-0.3, -0.25) is 0 Å². The molecule has 0 aromatic rings. The van der Waals surface area contributed by atoms with Gasteiger partial charge in [-0.2, -0.15) is 0 Å². The van der Waals surface area contributed by atoms with Crippen molar-refractivity contribution >= 4 is 0 Å². The van der Waals surface area contributed by atoms with Crippen LogP contribution in [0.15, 0.2) is 0 Å². The van der Waals surface area contributed by atoms with Crippen molar-refractivity contribution in [3.05, 3.63) is 0 Å². The van der Waals surface area contributed by atoms with Gasteiger partial charge in [-0.1, -0.05) is 40.5 Å². The molecule has 0 aromatic carbocycles. The van der Waals surface area contributed by atoms with Crippen LogP contribution in [0.5, 0.6) is 0 Å². The van der Waals surface area contributed by atoms with Crippen molar-refractivity contribution < 1.29 is 0 Å². The minimum absolute atomic E-state index is 0.689. The molecule has 0 spiro atoms. The standard InChI is InChI=1S/C14H31N/c1-6-8-12(3)10-13(4)11-14(5)15-9-7-2/h12-15H,6-11H2,1-5H3. The van der Waals surface area contributed by atoms with Crippen molar-refractivity contribution in [3.63, 3.8) is 0 Å². The van der Waals surface area contributed by atoms with E-state index in [4.69, 9.17) is 0 Å². The van der Waals surface area contributed by atoms with E-state index >= 15 is 0 Å². The molecule has 0 amide bonds. The summed E-state index contributed by atoms with van der Waals surface area (Å²) in [5.41, 5.74) is 0. The van der Waals surface area contributed by atoms with Crippen LogP contribution in [0.2, 0.25) is 0 Å². The molecule has 92 valence electrons. The third-order valence-corrected chi connectivity index (χ3v) is 3.08. The van der Waals surface area contributed by atoms with E-state index in [0.717, 1.165) is 11.8 Å². The molecule has 0 aliphatic heterocycles. The summed E-state index contributed by atoms with van der Waals surface area (Å²) in [6.45, 7) is 12.8. The van der Waals surface area contributed by atoms with E-state index in [1.54, 1.807) is 0 Å². The van der Waals surface area contributed by atoms with Crippen LogP contribution < -0.4 is 5.32 Å². The van der Waals surface area contributed by atoms with Gasteiger partial charge < -0.3 is 5.32 Å². The Balaban J connectivity index is 3.57. The molecule has 0 radical (unpaired) electrons. The van der Waals surface area contributed by atoms with E-state index in [9.17, 15) is 0 Å². The zero-order valence-corrected chi connectivity index (χ0v) is 11.5. The quantitative estimate of drug-likeness (QED) is 0.604. The smallest absolute Gasteiger partial charge is 0.00412 e. The van der Waals surface area contributed by atoms with Gasteiger partial charge in [0.1, 0.15) is 0 Å². The van der Waals surface area contributed by atoms with Gasteiger partial charge in [-0.05, 0) is 44.6 Å². The third kappa shape index (κ3) is 8.92. The molecule has 0 bridgehead atoms. The van der Waals surface area contributed by atoms with Gasteiger partial charge in [0.25, 0.3) is 0 Å². The first-order valence-corrected chi connectivity index (χ1v) is 6.83. The highest BCUT2D eigenvalue weighted by Gasteiger charge is 2.11. The van der Waals surface area contributed by atoms with E-state index in [-0.39, 0.29) is 0 Å². The minimum Gasteiger partial charge on any atom is -0.314 e. The Kier molecular flexibility index (Phi) is 9.18. The van der Waals surface area contributed by atoms with Crippen molar-refractivity contribution in [1.29, 1.82) is 0 Å². The third-order valence-electron chi connectivity index (χ3n) is 3.08. The molecular formula is C14H31N. The Hall–Kier alpha value is -0.0400. The average Bonchev–Trinajstić information content (AvgIpc) is 2.14. The van der Waals surface area contributed by atoms with Crippen molar-refractivity contribution in [2.24, 2.45) is 11.8 Å². The summed E-state index contributed by atoms with van der Waals surface area (Å²) in [5.74, 6) is 1.77. The van der Waals surface area contributed by atoms with E-state index in [1.165, 1.54) is 38.6 Å². The molecule has 0 aliphatic carbocycles. The van der Waals surface area contributed by atoms with E-state index in [0.29, 0.717) is 6.04 Å². The Bertz CT molecular complexity index is 133. The molecular weight excluding hydrogens is 182 g/mol. The van der Waals surface area contributed by atoms with Crippen LogP contribution in [-0.2, 0) is 0 Å². The molecule has 0 saturated heterocycles. The second-order valence-corrected chi connectivity index (χ2v) is 5.33. The highest BCUT2D eigenvalue weighted by atomic mass is 14.9. The molecule has 1 heteroatoms. The fraction of sp³-hybridized carbons (Fsp3) is 1.00. The minimum atomic E-state index is 0.689. The van der Waals surface area contributed by atoms with E-state index in [2.05, 4.69) is 39.9 Å². The van der Waals surface area contributed by atoms with Gasteiger partial charge in [-0.25, -0.2) is 0 Å². The molecule has 0 fully saturated rings. The zero-order chi connectivity index (χ0) is 11.7. The van der Waals surface area contributed by atoms with Gasteiger partial charge in [-0.15, -0.1) is 0 Å². The Morgan fingerprint density at radius 2 is 1.53 bits per heavy atom. The fourth-order valence-corrected chi connectivity index (χ4v) is 2.47. The molecule has 15 heavy (non-hydrogen) atoms. The first-order valence-electron chi connectivity index (χ1n) is 6.83. The van der Waals surface area contributed by atoms with Crippen molar-refractivity contribution in [2.75, 3.05) is 6.54 Å². The molecule has 1 nitrogen and oxygen atoms in total. The Morgan fingerprint density at radius 3 is 2.07 bits per heavy atom. The second kappa shape index (κ2) is 9.21. The van der Waals surface area contributed by atoms with Crippen LogP contribution in [0.1, 0.15) is 66.7 Å². The summed E-state index contributed by atoms with van der Waals surface area (Å²) in [6.07, 6.45) is 6.68. The monoisotopic (exact) mass is 213 g/mol. The summed E-state index contributed by atoms with van der Waals surface area (Å²) in [6, 6.07) is 0.689. The molecule has 0 saturated carbocycles. The Labute approximate surface area is 97.0 Å². The maximum absolute atomic E-state index is 3.57. The highest BCUT2D eigenvalue weighted by molar-refractivity contribution is 4.67. The van der Waals surface area contributed by atoms with Crippen molar-refractivity contribution in [3.8, 4) is 0 Å². The predicted molar refractivity (Wildman–Crippen MR) is 70.2 cm³/mol. The van der Waals surface area contributed by atoms with Gasteiger partial charge in [0.15, 0.2) is 0 Å². The topological polar surface area (TPSA) is 12.0 Å². The van der Waals surface area contributed by atoms with Crippen LogP contribution in [0.3, 0.4) is 0 Å². The molecule has 0 aromatic heterocycles. The summed E-state index contributed by atoms with van der Waals surface area (Å²) in [4.78, 5) is 0. The SMILES string of the molecule is CCCNC(C)CC(C)CC(C)CCC. The van der Waals surface area contributed by atoms with Gasteiger partial charge in [0.05, 0.1) is 0 Å². The molecule has 0 aliphatic rings. The summed E-state index contributed by atoms with van der Waals surface area (Å²) in [7, 11) is 0. The maximum atomic E-state index is 3.57. The lowest BCUT2D eigenvalue weighted by Crippen LogP contribution is -2.28. The summed E-state index contributed by atoms with van der Waals surface area (Å²) >= 11 is 0. The van der Waals surface area contributed by atoms with Crippen LogP contribution in [-0.4, -0.2) is 12.6 Å². The zero-order valence-electron chi connectivity index (χ0n) is 11.5. The van der Waals surface area contributed by atoms with Crippen molar-refractivity contribution in [2.45, 2.75) is 72.8 Å². The van der Waals surface area contributed by atoms with Crippen LogP contribution in [0, 0.1) is 11.8 Å². The lowest BCUT2D eigenvalue weighted by atomic mass is 9.90. The predicted octanol–water partition coefficient (Wildman–Crippen LogP) is 4.23. The largest absolute Gasteiger partial charge is 0.314 e. The lowest BCUT2D eigenvalue weighted by molar-refractivity contribution is 0.340. The number of hydrogen-bond donors (Lipinski definition) is 1. The average molecular weight is 213 g/mol. The molecule has 0 heterocycles. The number of nitrogens with one attached hydrogen (secondary N) is 1.